The van der Waals surface area contributed by atoms with Crippen LogP contribution in [0.4, 0.5) is 0 Å². The molecule has 0 radical (unpaired) electrons. The van der Waals surface area contributed by atoms with Crippen LogP contribution in [-0.4, -0.2) is 34.7 Å². The Morgan fingerprint density at radius 1 is 1.75 bits per heavy atom. The Labute approximate surface area is 101 Å². The number of nitrogens with two attached hydrogens (primary N) is 1. The van der Waals surface area contributed by atoms with Gasteiger partial charge in [-0.3, -0.25) is 0 Å². The Morgan fingerprint density at radius 2 is 2.44 bits per heavy atom. The molecule has 5 nitrogen and oxygen atoms in total. The van der Waals surface area contributed by atoms with Crippen LogP contribution in [0.3, 0.4) is 0 Å². The predicted molar refractivity (Wildman–Crippen MR) is 62.4 cm³/mol. The number of carboxylic acids is 1. The maximum atomic E-state index is 10.9. The topological polar surface area (TPSA) is 84.9 Å². The van der Waals surface area contributed by atoms with Gasteiger partial charge in [-0.2, -0.15) is 0 Å². The maximum Gasteiger partial charge on any atom is 0.337 e. The van der Waals surface area contributed by atoms with Crippen LogP contribution in [0, 0.1) is 0 Å². The number of aliphatic imine (C=N–C) groups is 1. The molecule has 2 rings (SSSR count). The Kier molecular flexibility index (Phi) is 2.86. The first-order chi connectivity index (χ1) is 7.54. The summed E-state index contributed by atoms with van der Waals surface area (Å²) in [7, 11) is 1.51. The van der Waals surface area contributed by atoms with Gasteiger partial charge in [-0.05, 0) is 6.08 Å². The predicted octanol–water partition coefficient (Wildman–Crippen LogP) is 0.906. The number of rotatable bonds is 1. The Balaban J connectivity index is 2.39. The SMILES string of the molecule is COC1=NC2C=C(C(=O)O)C(N)=C(Cl)C2S1. The molecule has 3 N–H and O–H groups in total. The third kappa shape index (κ3) is 1.68. The molecule has 0 amide bonds. The van der Waals surface area contributed by atoms with Crippen LogP contribution in [-0.2, 0) is 9.53 Å². The van der Waals surface area contributed by atoms with Crippen LogP contribution in [0.5, 0.6) is 0 Å². The van der Waals surface area contributed by atoms with Gasteiger partial charge >= 0.3 is 5.97 Å². The number of thioether (sulfide) groups is 1. The second kappa shape index (κ2) is 4.03. The van der Waals surface area contributed by atoms with Crippen LogP contribution in [0.15, 0.2) is 27.4 Å². The van der Waals surface area contributed by atoms with Crippen molar-refractivity contribution in [3.8, 4) is 0 Å². The summed E-state index contributed by atoms with van der Waals surface area (Å²) >= 11 is 7.37. The minimum Gasteiger partial charge on any atom is -0.478 e. The van der Waals surface area contributed by atoms with Gasteiger partial charge in [-0.1, -0.05) is 23.4 Å². The summed E-state index contributed by atoms with van der Waals surface area (Å²) in [5.74, 6) is -1.10. The van der Waals surface area contributed by atoms with Crippen molar-refractivity contribution in [2.75, 3.05) is 7.11 Å². The first-order valence-corrected chi connectivity index (χ1v) is 5.69. The zero-order valence-corrected chi connectivity index (χ0v) is 9.88. The molecule has 16 heavy (non-hydrogen) atoms. The lowest BCUT2D eigenvalue weighted by Gasteiger charge is -2.21. The molecule has 0 spiro atoms. The van der Waals surface area contributed by atoms with Gasteiger partial charge < -0.3 is 15.6 Å². The first kappa shape index (κ1) is 11.3. The fraction of sp³-hybridized carbons (Fsp3) is 0.333. The van der Waals surface area contributed by atoms with E-state index in [1.165, 1.54) is 24.9 Å². The van der Waals surface area contributed by atoms with Gasteiger partial charge in [-0.25, -0.2) is 9.79 Å². The molecule has 1 aliphatic carbocycles. The lowest BCUT2D eigenvalue weighted by molar-refractivity contribution is -0.132. The van der Waals surface area contributed by atoms with E-state index in [-0.39, 0.29) is 22.6 Å². The van der Waals surface area contributed by atoms with Crippen molar-refractivity contribution in [2.24, 2.45) is 10.7 Å². The molecular weight excluding hydrogens is 252 g/mol. The van der Waals surface area contributed by atoms with Crippen LogP contribution in [0.2, 0.25) is 0 Å². The molecule has 0 aromatic carbocycles. The van der Waals surface area contributed by atoms with Crippen molar-refractivity contribution in [3.63, 3.8) is 0 Å². The molecule has 0 bridgehead atoms. The number of hydrogen-bond acceptors (Lipinski definition) is 5. The average molecular weight is 261 g/mol. The number of aliphatic carboxylic acids is 1. The molecule has 1 heterocycles. The summed E-state index contributed by atoms with van der Waals surface area (Å²) in [6.45, 7) is 0. The second-order valence-electron chi connectivity index (χ2n) is 3.28. The lowest BCUT2D eigenvalue weighted by atomic mass is 9.99. The molecule has 0 aromatic rings. The quantitative estimate of drug-likeness (QED) is 0.732. The van der Waals surface area contributed by atoms with Crippen molar-refractivity contribution in [3.05, 3.63) is 22.4 Å². The maximum absolute atomic E-state index is 10.9. The summed E-state index contributed by atoms with van der Waals surface area (Å²) in [6.07, 6.45) is 1.51. The van der Waals surface area contributed by atoms with Gasteiger partial charge in [0.1, 0.15) is 0 Å². The number of carbonyl (C=O) groups is 1. The van der Waals surface area contributed by atoms with Crippen LogP contribution in [0.25, 0.3) is 0 Å². The standard InChI is InChI=1S/C9H9ClN2O3S/c1-15-9-12-4-2-3(8(13)14)6(11)5(10)7(4)16-9/h2,4,7H,11H2,1H3,(H,13,14). The minimum absolute atomic E-state index is 0.00736. The summed E-state index contributed by atoms with van der Waals surface area (Å²) < 4.78 is 5.00. The van der Waals surface area contributed by atoms with Gasteiger partial charge in [0, 0.05) is 0 Å². The van der Waals surface area contributed by atoms with Gasteiger partial charge in [0.15, 0.2) is 0 Å². The van der Waals surface area contributed by atoms with E-state index >= 15 is 0 Å². The molecular formula is C9H9ClN2O3S. The smallest absolute Gasteiger partial charge is 0.337 e. The molecule has 2 aliphatic rings. The summed E-state index contributed by atoms with van der Waals surface area (Å²) in [4.78, 5) is 15.1. The first-order valence-electron chi connectivity index (χ1n) is 4.43. The molecule has 0 fully saturated rings. The highest BCUT2D eigenvalue weighted by Crippen LogP contribution is 2.40. The van der Waals surface area contributed by atoms with Crippen molar-refractivity contribution >= 4 is 34.6 Å². The normalized spacial score (nSPS) is 28.4. The van der Waals surface area contributed by atoms with Crippen molar-refractivity contribution in [1.29, 1.82) is 0 Å². The third-order valence-electron chi connectivity index (χ3n) is 2.33. The van der Waals surface area contributed by atoms with Crippen LogP contribution in [0.1, 0.15) is 0 Å². The molecule has 0 saturated carbocycles. The van der Waals surface area contributed by atoms with Gasteiger partial charge in [-0.15, -0.1) is 0 Å². The van der Waals surface area contributed by atoms with E-state index in [1.54, 1.807) is 0 Å². The fourth-order valence-electron chi connectivity index (χ4n) is 1.55. The molecule has 2 atom stereocenters. The van der Waals surface area contributed by atoms with E-state index in [0.717, 1.165) is 0 Å². The van der Waals surface area contributed by atoms with E-state index in [4.69, 9.17) is 27.2 Å². The largest absolute Gasteiger partial charge is 0.478 e. The van der Waals surface area contributed by atoms with Crippen molar-refractivity contribution in [2.45, 2.75) is 11.3 Å². The number of carboxylic acid groups (broad SMARTS) is 1. The average Bonchev–Trinajstić information content (AvgIpc) is 2.66. The summed E-state index contributed by atoms with van der Waals surface area (Å²) in [6, 6.07) is -0.314. The highest BCUT2D eigenvalue weighted by Gasteiger charge is 2.38. The third-order valence-corrected chi connectivity index (χ3v) is 4.14. The van der Waals surface area contributed by atoms with E-state index in [2.05, 4.69) is 4.99 Å². The highest BCUT2D eigenvalue weighted by molar-refractivity contribution is 8.14. The van der Waals surface area contributed by atoms with E-state index in [1.807, 2.05) is 0 Å². The zero-order chi connectivity index (χ0) is 11.9. The molecule has 86 valence electrons. The van der Waals surface area contributed by atoms with Crippen LogP contribution < -0.4 is 5.73 Å². The van der Waals surface area contributed by atoms with E-state index in [9.17, 15) is 4.79 Å². The Bertz CT molecular complexity index is 444. The zero-order valence-electron chi connectivity index (χ0n) is 8.31. The van der Waals surface area contributed by atoms with Crippen molar-refractivity contribution < 1.29 is 14.6 Å². The summed E-state index contributed by atoms with van der Waals surface area (Å²) in [5, 5.41) is 9.59. The number of nitrogens with zero attached hydrogens (tertiary/aromatic N) is 1. The second-order valence-corrected chi connectivity index (χ2v) is 4.78. The molecule has 1 aliphatic heterocycles. The molecule has 2 unspecified atom stereocenters. The van der Waals surface area contributed by atoms with Gasteiger partial charge in [0.25, 0.3) is 0 Å². The minimum atomic E-state index is -1.10. The molecule has 0 aromatic heterocycles. The van der Waals surface area contributed by atoms with Gasteiger partial charge in [0.05, 0.1) is 34.7 Å². The fourth-order valence-corrected chi connectivity index (χ4v) is 2.92. The lowest BCUT2D eigenvalue weighted by Crippen LogP contribution is -2.27. The van der Waals surface area contributed by atoms with E-state index in [0.29, 0.717) is 10.3 Å². The molecule has 7 heteroatoms. The van der Waals surface area contributed by atoms with Crippen molar-refractivity contribution in [1.82, 2.24) is 0 Å². The van der Waals surface area contributed by atoms with Crippen LogP contribution >= 0.6 is 23.4 Å². The molecule has 0 saturated heterocycles. The number of ether oxygens (including phenoxy) is 1. The monoisotopic (exact) mass is 260 g/mol. The number of methoxy groups -OCH3 is 1. The Hall–Kier alpha value is -1.14. The number of hydrogen-bond donors (Lipinski definition) is 2. The Morgan fingerprint density at radius 3 is 3.00 bits per heavy atom. The van der Waals surface area contributed by atoms with E-state index < -0.39 is 5.97 Å². The number of fused-ring (bicyclic) bond motifs is 1. The summed E-state index contributed by atoms with van der Waals surface area (Å²) in [5.41, 5.74) is 5.77. The number of halogens is 1. The van der Waals surface area contributed by atoms with Gasteiger partial charge in [0.2, 0.25) is 5.23 Å². The highest BCUT2D eigenvalue weighted by atomic mass is 35.5.